The maximum atomic E-state index is 12.8. The van der Waals surface area contributed by atoms with Gasteiger partial charge in [-0.05, 0) is 89.9 Å². The van der Waals surface area contributed by atoms with Crippen molar-refractivity contribution in [2.45, 2.75) is 271 Å². The van der Waals surface area contributed by atoms with Crippen molar-refractivity contribution in [3.05, 3.63) is 85.1 Å². The zero-order valence-corrected chi connectivity index (χ0v) is 43.9. The molecule has 1 unspecified atom stereocenters. The highest BCUT2D eigenvalue weighted by Gasteiger charge is 2.19. The smallest absolute Gasteiger partial charge is 0.306 e. The molecule has 0 rings (SSSR count). The molecule has 0 aliphatic heterocycles. The first kappa shape index (κ1) is 63.6. The van der Waals surface area contributed by atoms with E-state index < -0.39 is 6.10 Å². The van der Waals surface area contributed by atoms with Gasteiger partial charge in [-0.25, -0.2) is 0 Å². The molecular formula is C61H104O6. The van der Waals surface area contributed by atoms with Crippen LogP contribution in [0.5, 0.6) is 0 Å². The molecule has 6 nitrogen and oxygen atoms in total. The number of carbonyl (C=O) groups excluding carboxylic acids is 3. The van der Waals surface area contributed by atoms with E-state index in [1.807, 2.05) is 24.3 Å². The average Bonchev–Trinajstić information content (AvgIpc) is 3.33. The van der Waals surface area contributed by atoms with E-state index in [0.717, 1.165) is 109 Å². The Kier molecular flexibility index (Phi) is 52.4. The van der Waals surface area contributed by atoms with Gasteiger partial charge in [0.15, 0.2) is 6.10 Å². The summed E-state index contributed by atoms with van der Waals surface area (Å²) < 4.78 is 16.8. The summed E-state index contributed by atoms with van der Waals surface area (Å²) >= 11 is 0. The second kappa shape index (κ2) is 55.2. The normalized spacial score (nSPS) is 12.7. The van der Waals surface area contributed by atoms with Crippen LogP contribution in [0.2, 0.25) is 0 Å². The van der Waals surface area contributed by atoms with Crippen LogP contribution in [0.3, 0.4) is 0 Å². The van der Waals surface area contributed by atoms with Crippen LogP contribution >= 0.6 is 0 Å². The highest BCUT2D eigenvalue weighted by molar-refractivity contribution is 5.71. The van der Waals surface area contributed by atoms with Crippen LogP contribution in [-0.4, -0.2) is 37.2 Å². The number of allylic oxidation sites excluding steroid dienone is 14. The minimum Gasteiger partial charge on any atom is -0.462 e. The maximum Gasteiger partial charge on any atom is 0.306 e. The Morgan fingerprint density at radius 2 is 0.582 bits per heavy atom. The molecule has 0 fully saturated rings. The second-order valence-corrected chi connectivity index (χ2v) is 18.6. The molecule has 0 amide bonds. The number of esters is 3. The molecule has 0 aromatic rings. The number of carbonyl (C=O) groups is 3. The monoisotopic (exact) mass is 933 g/mol. The van der Waals surface area contributed by atoms with Gasteiger partial charge in [-0.3, -0.25) is 14.4 Å². The third-order valence-electron chi connectivity index (χ3n) is 12.0. The van der Waals surface area contributed by atoms with E-state index in [9.17, 15) is 14.4 Å². The fraction of sp³-hybridized carbons (Fsp3) is 0.721. The van der Waals surface area contributed by atoms with Crippen molar-refractivity contribution < 1.29 is 28.6 Å². The van der Waals surface area contributed by atoms with Crippen LogP contribution in [0.25, 0.3) is 0 Å². The number of hydrogen-bond acceptors (Lipinski definition) is 6. The van der Waals surface area contributed by atoms with Gasteiger partial charge >= 0.3 is 17.9 Å². The molecule has 0 heterocycles. The fourth-order valence-electron chi connectivity index (χ4n) is 7.70. The standard InChI is InChI=1S/C61H104O6/c1-4-7-10-13-16-19-22-25-27-29-31-33-36-39-42-45-48-51-54-60(63)66-57-58(56-65-59(62)53-50-47-44-41-38-35-24-21-18-15-12-9-6-3)67-61(64)55-52-49-46-43-40-37-34-32-30-28-26-23-20-17-14-11-8-5-2/h10,13,16,19,22,25,27,29,31-35,38,58H,4-9,11-12,14-15,17-18,20-21,23-24,26,28,30,36-37,39-57H2,1-3H3/b13-10-,19-16-,25-22-,29-27-,33-31-,34-32-,38-35-. The molecule has 0 aromatic carbocycles. The van der Waals surface area contributed by atoms with Crippen LogP contribution in [0.1, 0.15) is 265 Å². The van der Waals surface area contributed by atoms with Gasteiger partial charge in [0.05, 0.1) is 0 Å². The van der Waals surface area contributed by atoms with Crippen molar-refractivity contribution in [1.82, 2.24) is 0 Å². The van der Waals surface area contributed by atoms with E-state index in [2.05, 4.69) is 81.5 Å². The van der Waals surface area contributed by atoms with Gasteiger partial charge in [-0.2, -0.15) is 0 Å². The number of ether oxygens (including phenoxy) is 3. The van der Waals surface area contributed by atoms with Crippen molar-refractivity contribution in [1.29, 1.82) is 0 Å². The first-order valence-electron chi connectivity index (χ1n) is 28.2. The molecule has 0 N–H and O–H groups in total. The summed E-state index contributed by atoms with van der Waals surface area (Å²) in [6.07, 6.45) is 71.3. The molecule has 0 saturated heterocycles. The molecule has 0 aromatic heterocycles. The first-order valence-corrected chi connectivity index (χ1v) is 28.2. The molecule has 0 aliphatic rings. The van der Waals surface area contributed by atoms with Crippen LogP contribution in [0.15, 0.2) is 85.1 Å². The van der Waals surface area contributed by atoms with E-state index in [0.29, 0.717) is 19.3 Å². The summed E-state index contributed by atoms with van der Waals surface area (Å²) in [7, 11) is 0. The predicted molar refractivity (Wildman–Crippen MR) is 288 cm³/mol. The SMILES string of the molecule is CCC\C=C/C=C\C=C/C=C\C=C/CCCCCCCC(=O)OCC(COC(=O)CCCCC/C=C\CCCCCCCC)OC(=O)CCCCCCC/C=C\CCCCCCCCCCC. The molecule has 0 saturated carbocycles. The summed E-state index contributed by atoms with van der Waals surface area (Å²) in [5.41, 5.74) is 0. The molecule has 384 valence electrons. The lowest BCUT2D eigenvalue weighted by Crippen LogP contribution is -2.30. The minimum atomic E-state index is -0.798. The summed E-state index contributed by atoms with van der Waals surface area (Å²) in [4.78, 5) is 38.1. The van der Waals surface area contributed by atoms with Crippen LogP contribution < -0.4 is 0 Å². The van der Waals surface area contributed by atoms with Gasteiger partial charge < -0.3 is 14.2 Å². The van der Waals surface area contributed by atoms with Crippen molar-refractivity contribution >= 4 is 17.9 Å². The van der Waals surface area contributed by atoms with Gasteiger partial charge in [-0.15, -0.1) is 0 Å². The van der Waals surface area contributed by atoms with Gasteiger partial charge in [0.1, 0.15) is 13.2 Å². The summed E-state index contributed by atoms with van der Waals surface area (Å²) in [6, 6.07) is 0. The summed E-state index contributed by atoms with van der Waals surface area (Å²) in [6.45, 7) is 6.51. The quantitative estimate of drug-likeness (QED) is 0.0199. The number of unbranched alkanes of at least 4 members (excludes halogenated alkanes) is 29. The third-order valence-corrected chi connectivity index (χ3v) is 12.0. The van der Waals surface area contributed by atoms with Crippen molar-refractivity contribution in [3.8, 4) is 0 Å². The van der Waals surface area contributed by atoms with E-state index in [1.54, 1.807) is 0 Å². The number of rotatable bonds is 50. The highest BCUT2D eigenvalue weighted by Crippen LogP contribution is 2.14. The molecule has 0 radical (unpaired) electrons. The zero-order chi connectivity index (χ0) is 48.6. The molecule has 0 bridgehead atoms. The van der Waals surface area contributed by atoms with Gasteiger partial charge in [0.2, 0.25) is 0 Å². The lowest BCUT2D eigenvalue weighted by Gasteiger charge is -2.18. The molecule has 1 atom stereocenters. The van der Waals surface area contributed by atoms with E-state index in [1.165, 1.54) is 116 Å². The molecule has 0 spiro atoms. The molecule has 0 aliphatic carbocycles. The van der Waals surface area contributed by atoms with Crippen molar-refractivity contribution in [3.63, 3.8) is 0 Å². The fourth-order valence-corrected chi connectivity index (χ4v) is 7.70. The topological polar surface area (TPSA) is 78.9 Å². The van der Waals surface area contributed by atoms with Crippen molar-refractivity contribution in [2.24, 2.45) is 0 Å². The summed E-state index contributed by atoms with van der Waals surface area (Å²) in [5, 5.41) is 0. The molecular weight excluding hydrogens is 829 g/mol. The molecule has 6 heteroatoms. The van der Waals surface area contributed by atoms with Crippen molar-refractivity contribution in [2.75, 3.05) is 13.2 Å². The summed E-state index contributed by atoms with van der Waals surface area (Å²) in [5.74, 6) is -0.940. The largest absolute Gasteiger partial charge is 0.462 e. The van der Waals surface area contributed by atoms with Crippen LogP contribution in [0, 0.1) is 0 Å². The highest BCUT2D eigenvalue weighted by atomic mass is 16.6. The Labute approximate surface area is 414 Å². The van der Waals surface area contributed by atoms with E-state index in [-0.39, 0.29) is 31.1 Å². The second-order valence-electron chi connectivity index (χ2n) is 18.6. The Morgan fingerprint density at radius 3 is 0.955 bits per heavy atom. The third kappa shape index (κ3) is 53.4. The Morgan fingerprint density at radius 1 is 0.299 bits per heavy atom. The lowest BCUT2D eigenvalue weighted by atomic mass is 10.1. The van der Waals surface area contributed by atoms with Gasteiger partial charge in [0.25, 0.3) is 0 Å². The maximum absolute atomic E-state index is 12.8. The first-order chi connectivity index (χ1) is 33.0. The minimum absolute atomic E-state index is 0.0963. The van der Waals surface area contributed by atoms with Gasteiger partial charge in [-0.1, -0.05) is 241 Å². The Hall–Kier alpha value is -3.41. The number of hydrogen-bond donors (Lipinski definition) is 0. The van der Waals surface area contributed by atoms with Crippen LogP contribution in [-0.2, 0) is 28.6 Å². The van der Waals surface area contributed by atoms with Crippen LogP contribution in [0.4, 0.5) is 0 Å². The van der Waals surface area contributed by atoms with E-state index in [4.69, 9.17) is 14.2 Å². The predicted octanol–water partition coefficient (Wildman–Crippen LogP) is 18.8. The lowest BCUT2D eigenvalue weighted by molar-refractivity contribution is -0.167. The Balaban J connectivity index is 4.46. The van der Waals surface area contributed by atoms with Gasteiger partial charge in [0, 0.05) is 19.3 Å². The van der Waals surface area contributed by atoms with E-state index >= 15 is 0 Å². The zero-order valence-electron chi connectivity index (χ0n) is 43.9. The Bertz CT molecular complexity index is 1300. The average molecular weight is 933 g/mol. The molecule has 67 heavy (non-hydrogen) atoms.